The van der Waals surface area contributed by atoms with Crippen LogP contribution in [0.25, 0.3) is 5.57 Å². The summed E-state index contributed by atoms with van der Waals surface area (Å²) in [5, 5.41) is 0. The lowest BCUT2D eigenvalue weighted by Gasteiger charge is -2.33. The van der Waals surface area contributed by atoms with E-state index in [0.29, 0.717) is 24.5 Å². The predicted octanol–water partition coefficient (Wildman–Crippen LogP) is 3.63. The smallest absolute Gasteiger partial charge is 0.133 e. The van der Waals surface area contributed by atoms with E-state index in [1.807, 2.05) is 6.92 Å². The molecule has 1 fully saturated rings. The van der Waals surface area contributed by atoms with Crippen LogP contribution >= 0.6 is 0 Å². The first kappa shape index (κ1) is 13.6. The number of fused-ring (bicyclic) bond motifs is 3. The normalized spacial score (nSPS) is 21.8. The van der Waals surface area contributed by atoms with Crippen LogP contribution in [-0.4, -0.2) is 30.3 Å². The molecule has 3 rings (SSSR count). The Kier molecular flexibility index (Phi) is 3.75. The molecule has 1 aromatic carbocycles. The van der Waals surface area contributed by atoms with E-state index in [0.717, 1.165) is 26.1 Å². The summed E-state index contributed by atoms with van der Waals surface area (Å²) >= 11 is 0. The van der Waals surface area contributed by atoms with Crippen LogP contribution in [0, 0.1) is 0 Å². The van der Waals surface area contributed by atoms with E-state index in [-0.39, 0.29) is 0 Å². The van der Waals surface area contributed by atoms with Gasteiger partial charge in [0.2, 0.25) is 0 Å². The average Bonchev–Trinajstić information content (AvgIpc) is 2.78. The highest BCUT2D eigenvalue weighted by molar-refractivity contribution is 5.78. The van der Waals surface area contributed by atoms with Crippen LogP contribution in [0.3, 0.4) is 0 Å². The predicted molar refractivity (Wildman–Crippen MR) is 82.7 cm³/mol. The first-order chi connectivity index (χ1) is 9.70. The van der Waals surface area contributed by atoms with E-state index in [4.69, 9.17) is 0 Å². The van der Waals surface area contributed by atoms with Crippen LogP contribution in [0.2, 0.25) is 0 Å². The van der Waals surface area contributed by atoms with Crippen LogP contribution in [-0.2, 0) is 4.79 Å². The van der Waals surface area contributed by atoms with Gasteiger partial charge >= 0.3 is 0 Å². The number of hydrogen-bond donors (Lipinski definition) is 0. The molecule has 1 heterocycles. The maximum atomic E-state index is 11.5. The number of carbonyl (C=O) groups is 1. The van der Waals surface area contributed by atoms with E-state index in [9.17, 15) is 4.79 Å². The molecule has 1 aliphatic carbocycles. The summed E-state index contributed by atoms with van der Waals surface area (Å²) in [6.07, 6.45) is 2.54. The maximum absolute atomic E-state index is 11.5. The van der Waals surface area contributed by atoms with Gasteiger partial charge in [0.25, 0.3) is 0 Å². The van der Waals surface area contributed by atoms with Gasteiger partial charge in [0.05, 0.1) is 0 Å². The van der Waals surface area contributed by atoms with Gasteiger partial charge < -0.3 is 4.90 Å². The molecule has 0 radical (unpaired) electrons. The SMILES string of the molecule is CCC(=O)CCN1CCC2=C(C)c3ccccc3C2C1. The third kappa shape index (κ3) is 2.33. The molecule has 2 nitrogen and oxygen atoms in total. The molecule has 0 N–H and O–H groups in total. The van der Waals surface area contributed by atoms with Gasteiger partial charge in [-0.2, -0.15) is 0 Å². The number of Topliss-reactive ketones (excluding diaryl/α,β-unsaturated/α-hetero) is 1. The zero-order chi connectivity index (χ0) is 14.1. The molecule has 1 atom stereocenters. The first-order valence-corrected chi connectivity index (χ1v) is 7.73. The average molecular weight is 269 g/mol. The third-order valence-corrected chi connectivity index (χ3v) is 4.88. The number of piperidine rings is 1. The molecule has 0 spiro atoms. The number of allylic oxidation sites excluding steroid dienone is 1. The highest BCUT2D eigenvalue weighted by Crippen LogP contribution is 2.45. The summed E-state index contributed by atoms with van der Waals surface area (Å²) in [5.74, 6) is 0.950. The van der Waals surface area contributed by atoms with Crippen molar-refractivity contribution in [2.24, 2.45) is 0 Å². The maximum Gasteiger partial charge on any atom is 0.133 e. The number of hydrogen-bond acceptors (Lipinski definition) is 2. The van der Waals surface area contributed by atoms with E-state index >= 15 is 0 Å². The van der Waals surface area contributed by atoms with E-state index < -0.39 is 0 Å². The van der Waals surface area contributed by atoms with Crippen LogP contribution in [0.1, 0.15) is 50.2 Å². The van der Waals surface area contributed by atoms with Gasteiger partial charge in [-0.05, 0) is 30.0 Å². The van der Waals surface area contributed by atoms with Crippen molar-refractivity contribution in [2.45, 2.75) is 39.0 Å². The van der Waals surface area contributed by atoms with Gasteiger partial charge in [0.1, 0.15) is 5.78 Å². The van der Waals surface area contributed by atoms with Crippen molar-refractivity contribution in [3.63, 3.8) is 0 Å². The number of nitrogens with zero attached hydrogens (tertiary/aromatic N) is 1. The minimum absolute atomic E-state index is 0.384. The molecule has 1 aromatic rings. The molecule has 0 amide bonds. The number of likely N-dealkylation sites (tertiary alicyclic amines) is 1. The Morgan fingerprint density at radius 3 is 2.95 bits per heavy atom. The van der Waals surface area contributed by atoms with Crippen LogP contribution in [0.4, 0.5) is 0 Å². The van der Waals surface area contributed by atoms with Crippen LogP contribution < -0.4 is 0 Å². The molecule has 2 heteroatoms. The van der Waals surface area contributed by atoms with Crippen molar-refractivity contribution >= 4 is 11.4 Å². The Hall–Kier alpha value is -1.41. The molecule has 1 aliphatic heterocycles. The minimum atomic E-state index is 0.384. The number of carbonyl (C=O) groups excluding carboxylic acids is 1. The second-order valence-corrected chi connectivity index (χ2v) is 5.98. The fourth-order valence-corrected chi connectivity index (χ4v) is 3.63. The van der Waals surface area contributed by atoms with Gasteiger partial charge in [-0.25, -0.2) is 0 Å². The first-order valence-electron chi connectivity index (χ1n) is 7.73. The zero-order valence-corrected chi connectivity index (χ0v) is 12.5. The van der Waals surface area contributed by atoms with Crippen molar-refractivity contribution in [3.8, 4) is 0 Å². The van der Waals surface area contributed by atoms with Crippen LogP contribution in [0.5, 0.6) is 0 Å². The molecule has 0 saturated carbocycles. The lowest BCUT2D eigenvalue weighted by atomic mass is 9.89. The van der Waals surface area contributed by atoms with Crippen molar-refractivity contribution < 1.29 is 4.79 Å². The summed E-state index contributed by atoms with van der Waals surface area (Å²) in [4.78, 5) is 14.0. The van der Waals surface area contributed by atoms with Gasteiger partial charge in [0, 0.05) is 38.4 Å². The highest BCUT2D eigenvalue weighted by Gasteiger charge is 2.33. The van der Waals surface area contributed by atoms with Crippen molar-refractivity contribution in [3.05, 3.63) is 41.0 Å². The Morgan fingerprint density at radius 1 is 1.35 bits per heavy atom. The Labute approximate surface area is 121 Å². The molecule has 0 bridgehead atoms. The number of rotatable bonds is 4. The number of ketones is 1. The summed E-state index contributed by atoms with van der Waals surface area (Å²) < 4.78 is 0. The molecular weight excluding hydrogens is 246 g/mol. The Morgan fingerprint density at radius 2 is 2.15 bits per heavy atom. The molecule has 1 unspecified atom stereocenters. The quantitative estimate of drug-likeness (QED) is 0.832. The fraction of sp³-hybridized carbons (Fsp3) is 0.500. The van der Waals surface area contributed by atoms with E-state index in [1.165, 1.54) is 16.7 Å². The summed E-state index contributed by atoms with van der Waals surface area (Å²) in [6, 6.07) is 8.81. The molecule has 106 valence electrons. The van der Waals surface area contributed by atoms with Gasteiger partial charge in [-0.1, -0.05) is 36.8 Å². The standard InChI is InChI=1S/C18H23NO/c1-3-14(20)8-10-19-11-9-16-13(2)15-6-4-5-7-17(15)18(16)12-19/h4-7,18H,3,8-12H2,1-2H3. The number of benzene rings is 1. The third-order valence-electron chi connectivity index (χ3n) is 4.88. The molecule has 20 heavy (non-hydrogen) atoms. The summed E-state index contributed by atoms with van der Waals surface area (Å²) in [5.41, 5.74) is 6.06. The van der Waals surface area contributed by atoms with Gasteiger partial charge in [-0.3, -0.25) is 4.79 Å². The van der Waals surface area contributed by atoms with Gasteiger partial charge in [-0.15, -0.1) is 0 Å². The minimum Gasteiger partial charge on any atom is -0.302 e. The summed E-state index contributed by atoms with van der Waals surface area (Å²) in [7, 11) is 0. The van der Waals surface area contributed by atoms with Crippen molar-refractivity contribution in [2.75, 3.05) is 19.6 Å². The molecule has 1 saturated heterocycles. The van der Waals surface area contributed by atoms with E-state index in [2.05, 4.69) is 36.1 Å². The largest absolute Gasteiger partial charge is 0.302 e. The van der Waals surface area contributed by atoms with Crippen molar-refractivity contribution in [1.29, 1.82) is 0 Å². The molecular formula is C18H23NO. The second kappa shape index (κ2) is 5.53. The lowest BCUT2D eigenvalue weighted by Crippen LogP contribution is -2.36. The summed E-state index contributed by atoms with van der Waals surface area (Å²) in [6.45, 7) is 7.34. The zero-order valence-electron chi connectivity index (χ0n) is 12.5. The topological polar surface area (TPSA) is 20.3 Å². The van der Waals surface area contributed by atoms with Gasteiger partial charge in [0.15, 0.2) is 0 Å². The fourth-order valence-electron chi connectivity index (χ4n) is 3.63. The van der Waals surface area contributed by atoms with Crippen LogP contribution in [0.15, 0.2) is 29.8 Å². The lowest BCUT2D eigenvalue weighted by molar-refractivity contribution is -0.119. The second-order valence-electron chi connectivity index (χ2n) is 5.98. The van der Waals surface area contributed by atoms with E-state index in [1.54, 1.807) is 5.57 Å². The molecule has 2 aliphatic rings. The highest BCUT2D eigenvalue weighted by atomic mass is 16.1. The Bertz CT molecular complexity index is 558. The monoisotopic (exact) mass is 269 g/mol. The van der Waals surface area contributed by atoms with Crippen molar-refractivity contribution in [1.82, 2.24) is 4.90 Å². The molecule has 0 aromatic heterocycles. The Balaban J connectivity index is 1.74.